The van der Waals surface area contributed by atoms with Crippen molar-refractivity contribution in [2.24, 2.45) is 5.73 Å². The molecule has 0 aromatic heterocycles. The molecule has 3 rings (SSSR count). The van der Waals surface area contributed by atoms with Gasteiger partial charge in [-0.3, -0.25) is 5.41 Å². The Morgan fingerprint density at radius 1 is 1.18 bits per heavy atom. The molecular weight excluding hydrogens is 356 g/mol. The van der Waals surface area contributed by atoms with Crippen LogP contribution < -0.4 is 16.4 Å². The molecule has 0 spiro atoms. The fourth-order valence-electron chi connectivity index (χ4n) is 3.59. The molecule has 1 aliphatic rings. The average Bonchev–Trinajstić information content (AvgIpc) is 3.04. The first-order valence-electron chi connectivity index (χ1n) is 9.33. The molecule has 1 aliphatic carbocycles. The SMILES string of the molecule is Cc1cc(NC2CCCC2O)cc(C(Nc2ccc(C(=N)N)cc2)C(=O)O)c1. The predicted octanol–water partition coefficient (Wildman–Crippen LogP) is 2.84. The van der Waals surface area contributed by atoms with Gasteiger partial charge in [-0.05, 0) is 73.7 Å². The number of carbonyl (C=O) groups is 1. The van der Waals surface area contributed by atoms with Crippen LogP contribution in [0.3, 0.4) is 0 Å². The largest absolute Gasteiger partial charge is 0.479 e. The summed E-state index contributed by atoms with van der Waals surface area (Å²) in [6.45, 7) is 1.92. The summed E-state index contributed by atoms with van der Waals surface area (Å²) in [5.74, 6) is -1.03. The van der Waals surface area contributed by atoms with Crippen molar-refractivity contribution in [2.45, 2.75) is 44.4 Å². The normalized spacial score (nSPS) is 19.8. The molecule has 3 unspecified atom stereocenters. The Morgan fingerprint density at radius 2 is 1.89 bits per heavy atom. The maximum Gasteiger partial charge on any atom is 0.330 e. The summed E-state index contributed by atoms with van der Waals surface area (Å²) in [6, 6.07) is 11.4. The van der Waals surface area contributed by atoms with Crippen molar-refractivity contribution in [1.82, 2.24) is 0 Å². The predicted molar refractivity (Wildman–Crippen MR) is 110 cm³/mol. The van der Waals surface area contributed by atoms with Crippen LogP contribution in [0.15, 0.2) is 42.5 Å². The van der Waals surface area contributed by atoms with Crippen molar-refractivity contribution in [3.63, 3.8) is 0 Å². The number of aliphatic hydroxyl groups is 1. The van der Waals surface area contributed by atoms with E-state index < -0.39 is 12.0 Å². The number of nitrogen functional groups attached to an aromatic ring is 1. The molecule has 7 N–H and O–H groups in total. The average molecular weight is 382 g/mol. The molecule has 0 radical (unpaired) electrons. The van der Waals surface area contributed by atoms with Gasteiger partial charge >= 0.3 is 5.97 Å². The monoisotopic (exact) mass is 382 g/mol. The van der Waals surface area contributed by atoms with Gasteiger partial charge in [0.15, 0.2) is 6.04 Å². The number of rotatable bonds is 7. The Labute approximate surface area is 164 Å². The van der Waals surface area contributed by atoms with E-state index in [0.29, 0.717) is 16.8 Å². The molecule has 148 valence electrons. The molecule has 2 aromatic carbocycles. The van der Waals surface area contributed by atoms with Gasteiger partial charge in [0.1, 0.15) is 5.84 Å². The van der Waals surface area contributed by atoms with Gasteiger partial charge in [-0.15, -0.1) is 0 Å². The number of hydrogen-bond donors (Lipinski definition) is 6. The Balaban J connectivity index is 1.83. The summed E-state index contributed by atoms with van der Waals surface area (Å²) >= 11 is 0. The smallest absolute Gasteiger partial charge is 0.330 e. The van der Waals surface area contributed by atoms with Crippen LogP contribution in [-0.2, 0) is 4.79 Å². The van der Waals surface area contributed by atoms with Gasteiger partial charge in [0.2, 0.25) is 0 Å². The topological polar surface area (TPSA) is 131 Å². The first-order valence-corrected chi connectivity index (χ1v) is 9.33. The molecule has 1 fully saturated rings. The molecule has 1 saturated carbocycles. The van der Waals surface area contributed by atoms with E-state index in [2.05, 4.69) is 10.6 Å². The van der Waals surface area contributed by atoms with Crippen LogP contribution in [0.25, 0.3) is 0 Å². The quantitative estimate of drug-likeness (QED) is 0.322. The number of aliphatic hydroxyl groups excluding tert-OH is 1. The first-order chi connectivity index (χ1) is 13.3. The maximum atomic E-state index is 11.9. The first kappa shape index (κ1) is 19.7. The minimum Gasteiger partial charge on any atom is -0.479 e. The molecule has 0 amide bonds. The number of nitrogens with one attached hydrogen (secondary N) is 3. The van der Waals surface area contributed by atoms with E-state index in [4.69, 9.17) is 11.1 Å². The second kappa shape index (κ2) is 8.31. The highest BCUT2D eigenvalue weighted by molar-refractivity contribution is 5.95. The summed E-state index contributed by atoms with van der Waals surface area (Å²) in [7, 11) is 0. The Hall–Kier alpha value is -3.06. The lowest BCUT2D eigenvalue weighted by atomic mass is 10.0. The molecule has 28 heavy (non-hydrogen) atoms. The highest BCUT2D eigenvalue weighted by atomic mass is 16.4. The van der Waals surface area contributed by atoms with E-state index >= 15 is 0 Å². The Kier molecular flexibility index (Phi) is 5.84. The van der Waals surface area contributed by atoms with Crippen molar-refractivity contribution in [3.05, 3.63) is 59.2 Å². The maximum absolute atomic E-state index is 11.9. The van der Waals surface area contributed by atoms with Gasteiger partial charge in [-0.2, -0.15) is 0 Å². The molecule has 3 atom stereocenters. The van der Waals surface area contributed by atoms with Gasteiger partial charge in [0, 0.05) is 16.9 Å². The fourth-order valence-corrected chi connectivity index (χ4v) is 3.59. The van der Waals surface area contributed by atoms with Gasteiger partial charge in [0.25, 0.3) is 0 Å². The van der Waals surface area contributed by atoms with Crippen molar-refractivity contribution >= 4 is 23.2 Å². The van der Waals surface area contributed by atoms with Crippen LogP contribution in [0, 0.1) is 12.3 Å². The summed E-state index contributed by atoms with van der Waals surface area (Å²) in [6.07, 6.45) is 2.28. The van der Waals surface area contributed by atoms with E-state index in [9.17, 15) is 15.0 Å². The van der Waals surface area contributed by atoms with E-state index in [1.165, 1.54) is 0 Å². The number of aryl methyl sites for hydroxylation is 1. The summed E-state index contributed by atoms with van der Waals surface area (Å²) in [5, 5.41) is 33.6. The summed E-state index contributed by atoms with van der Waals surface area (Å²) in [5.41, 5.74) is 9.03. The second-order valence-corrected chi connectivity index (χ2v) is 7.29. The third-order valence-corrected chi connectivity index (χ3v) is 5.02. The molecule has 7 heteroatoms. The van der Waals surface area contributed by atoms with Crippen LogP contribution in [0.4, 0.5) is 11.4 Å². The molecular formula is C21H26N4O3. The van der Waals surface area contributed by atoms with E-state index in [1.807, 2.05) is 25.1 Å². The lowest BCUT2D eigenvalue weighted by molar-refractivity contribution is -0.138. The molecule has 0 aliphatic heterocycles. The van der Waals surface area contributed by atoms with E-state index in [0.717, 1.165) is 30.5 Å². The van der Waals surface area contributed by atoms with Crippen LogP contribution in [0.1, 0.15) is 42.0 Å². The summed E-state index contributed by atoms with van der Waals surface area (Å²) < 4.78 is 0. The minimum atomic E-state index is -0.993. The van der Waals surface area contributed by atoms with Crippen LogP contribution in [0.5, 0.6) is 0 Å². The Bertz CT molecular complexity index is 866. The van der Waals surface area contributed by atoms with Crippen LogP contribution in [-0.4, -0.2) is 34.2 Å². The number of anilines is 2. The fraction of sp³-hybridized carbons (Fsp3) is 0.333. The lowest BCUT2D eigenvalue weighted by Crippen LogP contribution is -2.28. The van der Waals surface area contributed by atoms with Crippen LogP contribution >= 0.6 is 0 Å². The number of benzene rings is 2. The van der Waals surface area contributed by atoms with Gasteiger partial charge in [-0.25, -0.2) is 4.79 Å². The molecule has 2 aromatic rings. The molecule has 0 heterocycles. The third-order valence-electron chi connectivity index (χ3n) is 5.02. The number of carboxylic acid groups (broad SMARTS) is 1. The van der Waals surface area contributed by atoms with E-state index in [1.54, 1.807) is 24.3 Å². The van der Waals surface area contributed by atoms with Crippen molar-refractivity contribution in [2.75, 3.05) is 10.6 Å². The lowest BCUT2D eigenvalue weighted by Gasteiger charge is -2.21. The number of carboxylic acids is 1. The number of amidine groups is 1. The summed E-state index contributed by atoms with van der Waals surface area (Å²) in [4.78, 5) is 11.9. The standard InChI is InChI=1S/C21H26N4O3/c1-12-9-14(11-16(10-12)24-17-3-2-4-18(17)26)19(21(27)28)25-15-7-5-13(6-8-15)20(22)23/h5-11,17-19,24-26H,2-4H2,1H3,(H3,22,23)(H,27,28). The Morgan fingerprint density at radius 3 is 2.46 bits per heavy atom. The zero-order valence-electron chi connectivity index (χ0n) is 15.8. The van der Waals surface area contributed by atoms with Gasteiger partial charge < -0.3 is 26.6 Å². The van der Waals surface area contributed by atoms with Crippen molar-refractivity contribution in [3.8, 4) is 0 Å². The molecule has 7 nitrogen and oxygen atoms in total. The van der Waals surface area contributed by atoms with E-state index in [-0.39, 0.29) is 18.0 Å². The van der Waals surface area contributed by atoms with Crippen molar-refractivity contribution < 1.29 is 15.0 Å². The number of nitrogens with two attached hydrogens (primary N) is 1. The zero-order valence-corrected chi connectivity index (χ0v) is 15.8. The molecule has 0 saturated heterocycles. The number of aliphatic carboxylic acids is 1. The van der Waals surface area contributed by atoms with Gasteiger partial charge in [0.05, 0.1) is 12.1 Å². The molecule has 0 bridgehead atoms. The van der Waals surface area contributed by atoms with Gasteiger partial charge in [-0.1, -0.05) is 6.07 Å². The minimum absolute atomic E-state index is 0.00925. The third kappa shape index (κ3) is 4.61. The number of hydrogen-bond acceptors (Lipinski definition) is 5. The van der Waals surface area contributed by atoms with Crippen molar-refractivity contribution in [1.29, 1.82) is 5.41 Å². The highest BCUT2D eigenvalue weighted by Gasteiger charge is 2.26. The van der Waals surface area contributed by atoms with Crippen LogP contribution in [0.2, 0.25) is 0 Å². The highest BCUT2D eigenvalue weighted by Crippen LogP contribution is 2.28. The zero-order chi connectivity index (χ0) is 20.3. The second-order valence-electron chi connectivity index (χ2n) is 7.29.